The first kappa shape index (κ1) is 8.02. The van der Waals surface area contributed by atoms with Gasteiger partial charge in [0.2, 0.25) is 0 Å². The Kier molecular flexibility index (Phi) is 3.76. The summed E-state index contributed by atoms with van der Waals surface area (Å²) in [5, 5.41) is 0. The van der Waals surface area contributed by atoms with Crippen molar-refractivity contribution < 1.29 is 4.74 Å². The highest BCUT2D eigenvalue weighted by atomic mass is 16.5. The minimum atomic E-state index is 0.889. The Labute approximate surface area is 63.2 Å². The van der Waals surface area contributed by atoms with Gasteiger partial charge in [0.15, 0.2) is 0 Å². The van der Waals surface area contributed by atoms with Crippen molar-refractivity contribution in [1.82, 2.24) is 4.90 Å². The van der Waals surface area contributed by atoms with E-state index >= 15 is 0 Å². The summed E-state index contributed by atoms with van der Waals surface area (Å²) in [5.74, 6) is 0. The Morgan fingerprint density at radius 3 is 2.50 bits per heavy atom. The van der Waals surface area contributed by atoms with E-state index < -0.39 is 0 Å². The molecule has 0 N–H and O–H groups in total. The number of piperidine rings is 1. The van der Waals surface area contributed by atoms with E-state index in [2.05, 4.69) is 4.90 Å². The van der Waals surface area contributed by atoms with Crippen LogP contribution in [0.1, 0.15) is 19.3 Å². The molecule has 0 aromatic carbocycles. The van der Waals surface area contributed by atoms with E-state index in [1.807, 2.05) is 0 Å². The van der Waals surface area contributed by atoms with Crippen molar-refractivity contribution in [2.75, 3.05) is 33.4 Å². The zero-order valence-corrected chi connectivity index (χ0v) is 6.81. The summed E-state index contributed by atoms with van der Waals surface area (Å²) in [6, 6.07) is 0. The molecule has 0 spiro atoms. The van der Waals surface area contributed by atoms with Crippen LogP contribution in [-0.2, 0) is 4.74 Å². The van der Waals surface area contributed by atoms with Crippen LogP contribution in [0.2, 0.25) is 0 Å². The molecule has 0 saturated carbocycles. The molecule has 0 amide bonds. The summed E-state index contributed by atoms with van der Waals surface area (Å²) in [6.07, 6.45) is 4.18. The van der Waals surface area contributed by atoms with Crippen molar-refractivity contribution in [3.63, 3.8) is 0 Å². The number of hydrogen-bond donors (Lipinski definition) is 0. The van der Waals surface area contributed by atoms with Gasteiger partial charge in [0.25, 0.3) is 0 Å². The average molecular weight is 143 g/mol. The molecule has 1 fully saturated rings. The third-order valence-electron chi connectivity index (χ3n) is 2.06. The number of likely N-dealkylation sites (tertiary alicyclic amines) is 1. The number of ether oxygens (including phenoxy) is 1. The van der Waals surface area contributed by atoms with Crippen LogP contribution >= 0.6 is 0 Å². The minimum absolute atomic E-state index is 0.889. The Hall–Kier alpha value is -0.0800. The van der Waals surface area contributed by atoms with Crippen LogP contribution in [0, 0.1) is 0 Å². The minimum Gasteiger partial charge on any atom is -0.379 e. The van der Waals surface area contributed by atoms with Gasteiger partial charge in [-0.25, -0.2) is 0 Å². The zero-order chi connectivity index (χ0) is 7.23. The normalized spacial score (nSPS) is 21.3. The van der Waals surface area contributed by atoms with Crippen molar-refractivity contribution in [3.8, 4) is 0 Å². The molecule has 10 heavy (non-hydrogen) atoms. The first-order valence-electron chi connectivity index (χ1n) is 4.15. The van der Waals surface area contributed by atoms with E-state index in [-0.39, 0.29) is 0 Å². The maximum atomic E-state index is 5.00. The number of rotatable bonds is 3. The summed E-state index contributed by atoms with van der Waals surface area (Å²) < 4.78 is 5.00. The summed E-state index contributed by atoms with van der Waals surface area (Å²) in [6.45, 7) is 4.57. The first-order chi connectivity index (χ1) is 4.93. The molecule has 1 radical (unpaired) electrons. The van der Waals surface area contributed by atoms with Crippen molar-refractivity contribution in [1.29, 1.82) is 0 Å². The van der Waals surface area contributed by atoms with Crippen LogP contribution in [0.3, 0.4) is 0 Å². The smallest absolute Gasteiger partial charge is 0.146 e. The standard InChI is InChI=1S/C8H17NO/c1-10-8-7-9-5-3-2-4-6-9/h2-8H2,1H3/q+1. The van der Waals surface area contributed by atoms with Crippen LogP contribution < -0.4 is 4.90 Å². The predicted molar refractivity (Wildman–Crippen MR) is 42.5 cm³/mol. The van der Waals surface area contributed by atoms with Gasteiger partial charge < -0.3 is 4.74 Å². The van der Waals surface area contributed by atoms with Crippen LogP contribution in [0.15, 0.2) is 0 Å². The van der Waals surface area contributed by atoms with Crippen LogP contribution in [0.5, 0.6) is 0 Å². The third-order valence-corrected chi connectivity index (χ3v) is 2.06. The molecule has 2 heteroatoms. The molecule has 1 saturated heterocycles. The monoisotopic (exact) mass is 143 g/mol. The lowest BCUT2D eigenvalue weighted by Gasteiger charge is -2.15. The van der Waals surface area contributed by atoms with E-state index in [1.54, 1.807) is 7.11 Å². The Balaban J connectivity index is 2.02. The zero-order valence-electron chi connectivity index (χ0n) is 6.81. The largest absolute Gasteiger partial charge is 0.379 e. The van der Waals surface area contributed by atoms with Gasteiger partial charge in [-0.1, -0.05) is 0 Å². The molecular weight excluding hydrogens is 126 g/mol. The molecule has 0 aliphatic carbocycles. The van der Waals surface area contributed by atoms with E-state index in [0.717, 1.165) is 13.2 Å². The summed E-state index contributed by atoms with van der Waals surface area (Å²) in [4.78, 5) is 2.48. The fourth-order valence-corrected chi connectivity index (χ4v) is 1.40. The Bertz CT molecular complexity index is 79.3. The SMILES string of the molecule is COCC[N+]1CCCCC1. The van der Waals surface area contributed by atoms with Gasteiger partial charge in [-0.3, -0.25) is 0 Å². The second kappa shape index (κ2) is 4.69. The molecule has 0 aromatic rings. The van der Waals surface area contributed by atoms with Crippen molar-refractivity contribution in [3.05, 3.63) is 0 Å². The van der Waals surface area contributed by atoms with Gasteiger partial charge in [0.05, 0.1) is 6.61 Å². The molecule has 0 aromatic heterocycles. The first-order valence-corrected chi connectivity index (χ1v) is 4.15. The van der Waals surface area contributed by atoms with E-state index in [4.69, 9.17) is 4.74 Å². The molecule has 1 rings (SSSR count). The molecule has 59 valence electrons. The van der Waals surface area contributed by atoms with Gasteiger partial charge in [-0.2, -0.15) is 4.90 Å². The molecular formula is C8H17NO+. The highest BCUT2D eigenvalue weighted by Crippen LogP contribution is 2.04. The van der Waals surface area contributed by atoms with Crippen molar-refractivity contribution in [2.45, 2.75) is 19.3 Å². The average Bonchev–Trinajstić information content (AvgIpc) is 2.03. The molecule has 0 unspecified atom stereocenters. The summed E-state index contributed by atoms with van der Waals surface area (Å²) in [5.41, 5.74) is 0. The van der Waals surface area contributed by atoms with Crippen LogP contribution in [0.4, 0.5) is 0 Å². The molecule has 2 nitrogen and oxygen atoms in total. The lowest BCUT2D eigenvalue weighted by molar-refractivity contribution is 0.173. The fraction of sp³-hybridized carbons (Fsp3) is 1.00. The third kappa shape index (κ3) is 2.67. The number of hydrogen-bond acceptors (Lipinski definition) is 2. The fourth-order valence-electron chi connectivity index (χ4n) is 1.40. The summed E-state index contributed by atoms with van der Waals surface area (Å²) >= 11 is 0. The Morgan fingerprint density at radius 2 is 1.90 bits per heavy atom. The highest BCUT2D eigenvalue weighted by Gasteiger charge is 2.17. The second-order valence-corrected chi connectivity index (χ2v) is 2.90. The van der Waals surface area contributed by atoms with Gasteiger partial charge in [0.1, 0.15) is 19.6 Å². The van der Waals surface area contributed by atoms with Crippen molar-refractivity contribution >= 4 is 0 Å². The van der Waals surface area contributed by atoms with E-state index in [9.17, 15) is 0 Å². The van der Waals surface area contributed by atoms with Gasteiger partial charge in [-0.05, 0) is 6.42 Å². The van der Waals surface area contributed by atoms with Crippen molar-refractivity contribution in [2.24, 2.45) is 0 Å². The van der Waals surface area contributed by atoms with Crippen LogP contribution in [-0.4, -0.2) is 33.4 Å². The maximum Gasteiger partial charge on any atom is 0.146 e. The van der Waals surface area contributed by atoms with Gasteiger partial charge in [0, 0.05) is 20.0 Å². The van der Waals surface area contributed by atoms with Gasteiger partial charge >= 0.3 is 0 Å². The number of nitrogens with zero attached hydrogens (tertiary/aromatic N) is 1. The van der Waals surface area contributed by atoms with E-state index in [1.165, 1.54) is 32.4 Å². The quantitative estimate of drug-likeness (QED) is 0.537. The molecule has 0 bridgehead atoms. The predicted octanol–water partition coefficient (Wildman–Crippen LogP) is 0.957. The van der Waals surface area contributed by atoms with Crippen LogP contribution in [0.25, 0.3) is 0 Å². The topological polar surface area (TPSA) is 15.1 Å². The molecule has 1 aliphatic heterocycles. The Morgan fingerprint density at radius 1 is 1.20 bits per heavy atom. The van der Waals surface area contributed by atoms with E-state index in [0.29, 0.717) is 0 Å². The maximum absolute atomic E-state index is 5.00. The second-order valence-electron chi connectivity index (χ2n) is 2.90. The summed E-state index contributed by atoms with van der Waals surface area (Å²) in [7, 11) is 1.77. The lowest BCUT2D eigenvalue weighted by atomic mass is 10.1. The number of methoxy groups -OCH3 is 1. The lowest BCUT2D eigenvalue weighted by Crippen LogP contribution is -2.38. The van der Waals surface area contributed by atoms with Gasteiger partial charge in [-0.15, -0.1) is 0 Å². The highest BCUT2D eigenvalue weighted by molar-refractivity contribution is 4.68. The molecule has 0 atom stereocenters. The molecule has 1 aliphatic rings. The molecule has 1 heterocycles.